The Balaban J connectivity index is 1.65. The maximum absolute atomic E-state index is 12.6. The molecular weight excluding hydrogens is 326 g/mol. The van der Waals surface area contributed by atoms with Crippen LogP contribution in [0.3, 0.4) is 0 Å². The summed E-state index contributed by atoms with van der Waals surface area (Å²) in [4.78, 5) is 26.9. The van der Waals surface area contributed by atoms with Crippen LogP contribution in [0, 0.1) is 11.8 Å². The van der Waals surface area contributed by atoms with E-state index in [9.17, 15) is 4.79 Å². The largest absolute Gasteiger partial charge is 0.370 e. The zero-order valence-electron chi connectivity index (χ0n) is 15.3. The topological polar surface area (TPSA) is 73.9 Å². The molecule has 1 aliphatic rings. The second-order valence-electron chi connectivity index (χ2n) is 7.52. The molecule has 1 saturated heterocycles. The van der Waals surface area contributed by atoms with Crippen molar-refractivity contribution in [2.24, 2.45) is 11.8 Å². The average Bonchev–Trinajstić information content (AvgIpc) is 3.14. The van der Waals surface area contributed by atoms with E-state index in [0.717, 1.165) is 60.1 Å². The molecule has 0 radical (unpaired) electrons. The van der Waals surface area contributed by atoms with E-state index in [4.69, 9.17) is 0 Å². The van der Waals surface area contributed by atoms with Crippen molar-refractivity contribution < 1.29 is 4.79 Å². The summed E-state index contributed by atoms with van der Waals surface area (Å²) in [6.45, 7) is 6.69. The number of hydrogen-bond acceptors (Lipinski definition) is 4. The molecule has 6 nitrogen and oxygen atoms in total. The number of H-pyrrole nitrogens is 1. The summed E-state index contributed by atoms with van der Waals surface area (Å²) in [7, 11) is 0. The monoisotopic (exact) mass is 351 g/mol. The molecule has 1 aliphatic heterocycles. The first-order valence-electron chi connectivity index (χ1n) is 9.37. The molecule has 0 bridgehead atoms. The highest BCUT2D eigenvalue weighted by Gasteiger charge is 2.27. The SMILES string of the molecule is CC(C)CNC(=O)C1CCCN(c2cc[nH]c3cnc4nccc4c23)C1. The van der Waals surface area contributed by atoms with Crippen molar-refractivity contribution in [3.8, 4) is 0 Å². The Labute approximate surface area is 153 Å². The number of hydrogen-bond donors (Lipinski definition) is 2. The van der Waals surface area contributed by atoms with E-state index >= 15 is 0 Å². The van der Waals surface area contributed by atoms with Crippen LogP contribution >= 0.6 is 0 Å². The lowest BCUT2D eigenvalue weighted by Crippen LogP contribution is -2.44. The molecule has 4 rings (SSSR count). The predicted molar refractivity (Wildman–Crippen MR) is 104 cm³/mol. The summed E-state index contributed by atoms with van der Waals surface area (Å²) < 4.78 is 0. The molecule has 3 aromatic rings. The number of carbonyl (C=O) groups excluding carboxylic acids is 1. The van der Waals surface area contributed by atoms with Crippen molar-refractivity contribution in [2.75, 3.05) is 24.5 Å². The molecule has 0 spiro atoms. The van der Waals surface area contributed by atoms with Crippen molar-refractivity contribution in [3.63, 3.8) is 0 Å². The number of nitrogens with zero attached hydrogens (tertiary/aromatic N) is 3. The smallest absolute Gasteiger partial charge is 0.224 e. The van der Waals surface area contributed by atoms with Gasteiger partial charge in [-0.25, -0.2) is 9.97 Å². The van der Waals surface area contributed by atoms with Gasteiger partial charge in [0.15, 0.2) is 5.65 Å². The van der Waals surface area contributed by atoms with Crippen LogP contribution in [-0.4, -0.2) is 40.5 Å². The number of carbonyl (C=O) groups is 1. The van der Waals surface area contributed by atoms with Crippen molar-refractivity contribution in [2.45, 2.75) is 26.7 Å². The lowest BCUT2D eigenvalue weighted by atomic mass is 9.96. The summed E-state index contributed by atoms with van der Waals surface area (Å²) >= 11 is 0. The van der Waals surface area contributed by atoms with Gasteiger partial charge in [0, 0.05) is 48.5 Å². The van der Waals surface area contributed by atoms with Gasteiger partial charge in [-0.3, -0.25) is 4.79 Å². The van der Waals surface area contributed by atoms with Crippen molar-refractivity contribution >= 4 is 33.5 Å². The molecular formula is C20H25N5O. The minimum Gasteiger partial charge on any atom is -0.370 e. The van der Waals surface area contributed by atoms with Gasteiger partial charge in [0.2, 0.25) is 5.91 Å². The Kier molecular flexibility index (Phi) is 4.49. The molecule has 1 amide bonds. The van der Waals surface area contributed by atoms with Crippen LogP contribution in [-0.2, 0) is 4.79 Å². The second-order valence-corrected chi connectivity index (χ2v) is 7.52. The van der Waals surface area contributed by atoms with Gasteiger partial charge in [-0.2, -0.15) is 0 Å². The van der Waals surface area contributed by atoms with Crippen molar-refractivity contribution in [1.29, 1.82) is 0 Å². The number of pyridine rings is 2. The normalized spacial score (nSPS) is 18.0. The molecule has 3 aromatic heterocycles. The third-order valence-corrected chi connectivity index (χ3v) is 5.09. The zero-order chi connectivity index (χ0) is 18.1. The standard InChI is InChI=1S/C20H25N5O/c1-13(2)10-24-20(26)14-4-3-9-25(12-14)17-6-8-21-16-11-23-19-15(18(16)17)5-7-22-19/h5-8,11,13-14,21H,3-4,9-10,12H2,1-2H3,(H,24,26). The molecule has 0 aliphatic carbocycles. The molecule has 136 valence electrons. The van der Waals surface area contributed by atoms with Crippen LogP contribution in [0.25, 0.3) is 21.9 Å². The fourth-order valence-corrected chi connectivity index (χ4v) is 3.76. The fraction of sp³-hybridized carbons (Fsp3) is 0.450. The molecule has 26 heavy (non-hydrogen) atoms. The van der Waals surface area contributed by atoms with E-state index in [2.05, 4.69) is 45.1 Å². The number of aromatic nitrogens is 3. The highest BCUT2D eigenvalue weighted by atomic mass is 16.1. The Morgan fingerprint density at radius 1 is 1.38 bits per heavy atom. The van der Waals surface area contributed by atoms with Gasteiger partial charge in [-0.05, 0) is 30.9 Å². The van der Waals surface area contributed by atoms with Gasteiger partial charge in [-0.1, -0.05) is 13.8 Å². The molecule has 0 aromatic carbocycles. The fourth-order valence-electron chi connectivity index (χ4n) is 3.76. The van der Waals surface area contributed by atoms with E-state index in [1.165, 1.54) is 0 Å². The van der Waals surface area contributed by atoms with Crippen LogP contribution in [0.2, 0.25) is 0 Å². The molecule has 2 N–H and O–H groups in total. The lowest BCUT2D eigenvalue weighted by Gasteiger charge is -2.34. The number of fused-ring (bicyclic) bond motifs is 3. The van der Waals surface area contributed by atoms with Crippen LogP contribution in [0.5, 0.6) is 0 Å². The summed E-state index contributed by atoms with van der Waals surface area (Å²) in [5.41, 5.74) is 2.91. The first kappa shape index (κ1) is 16.8. The first-order chi connectivity index (χ1) is 12.6. The Morgan fingerprint density at radius 3 is 3.12 bits per heavy atom. The number of aromatic amines is 1. The third-order valence-electron chi connectivity index (χ3n) is 5.09. The van der Waals surface area contributed by atoms with Crippen LogP contribution in [0.15, 0.2) is 30.7 Å². The van der Waals surface area contributed by atoms with E-state index in [-0.39, 0.29) is 11.8 Å². The Bertz CT molecular complexity index is 932. The summed E-state index contributed by atoms with van der Waals surface area (Å²) in [6.07, 6.45) is 7.56. The van der Waals surface area contributed by atoms with E-state index < -0.39 is 0 Å². The minimum absolute atomic E-state index is 0.0388. The number of nitrogens with one attached hydrogen (secondary N) is 2. The van der Waals surface area contributed by atoms with E-state index in [1.54, 1.807) is 6.20 Å². The van der Waals surface area contributed by atoms with Crippen LogP contribution in [0.1, 0.15) is 26.7 Å². The molecule has 6 heteroatoms. The summed E-state index contributed by atoms with van der Waals surface area (Å²) in [6, 6.07) is 4.11. The van der Waals surface area contributed by atoms with E-state index in [0.29, 0.717) is 5.92 Å². The molecule has 1 fully saturated rings. The van der Waals surface area contributed by atoms with Gasteiger partial charge < -0.3 is 15.2 Å². The van der Waals surface area contributed by atoms with Gasteiger partial charge in [0.05, 0.1) is 17.6 Å². The third kappa shape index (κ3) is 3.11. The number of piperidine rings is 1. The highest BCUT2D eigenvalue weighted by molar-refractivity contribution is 6.10. The predicted octanol–water partition coefficient (Wildman–Crippen LogP) is 3.10. The Morgan fingerprint density at radius 2 is 2.27 bits per heavy atom. The minimum atomic E-state index is 0.0388. The summed E-state index contributed by atoms with van der Waals surface area (Å²) in [5, 5.41) is 5.29. The number of anilines is 1. The number of amides is 1. The van der Waals surface area contributed by atoms with Gasteiger partial charge in [-0.15, -0.1) is 0 Å². The van der Waals surface area contributed by atoms with E-state index in [1.807, 2.05) is 18.5 Å². The van der Waals surface area contributed by atoms with Gasteiger partial charge >= 0.3 is 0 Å². The highest BCUT2D eigenvalue weighted by Crippen LogP contribution is 2.33. The lowest BCUT2D eigenvalue weighted by molar-refractivity contribution is -0.125. The van der Waals surface area contributed by atoms with Crippen LogP contribution in [0.4, 0.5) is 5.69 Å². The first-order valence-corrected chi connectivity index (χ1v) is 9.37. The number of rotatable bonds is 4. The zero-order valence-corrected chi connectivity index (χ0v) is 15.3. The van der Waals surface area contributed by atoms with Crippen LogP contribution < -0.4 is 10.2 Å². The van der Waals surface area contributed by atoms with Crippen molar-refractivity contribution in [1.82, 2.24) is 20.3 Å². The average molecular weight is 351 g/mol. The van der Waals surface area contributed by atoms with Crippen molar-refractivity contribution in [3.05, 3.63) is 30.7 Å². The maximum Gasteiger partial charge on any atom is 0.224 e. The molecule has 0 saturated carbocycles. The second kappa shape index (κ2) is 6.94. The molecule has 1 unspecified atom stereocenters. The quantitative estimate of drug-likeness (QED) is 0.757. The maximum atomic E-state index is 12.6. The van der Waals surface area contributed by atoms with Gasteiger partial charge in [0.25, 0.3) is 0 Å². The van der Waals surface area contributed by atoms with Gasteiger partial charge in [0.1, 0.15) is 0 Å². The summed E-state index contributed by atoms with van der Waals surface area (Å²) in [5.74, 6) is 0.687. The Hall–Kier alpha value is -2.63. The molecule has 4 heterocycles. The molecule has 1 atom stereocenters.